The van der Waals surface area contributed by atoms with Crippen molar-refractivity contribution in [2.75, 3.05) is 19.4 Å². The summed E-state index contributed by atoms with van der Waals surface area (Å²) >= 11 is 1.45. The minimum Gasteiger partial charge on any atom is -0.497 e. The lowest BCUT2D eigenvalue weighted by Crippen LogP contribution is -2.37. The van der Waals surface area contributed by atoms with E-state index in [0.717, 1.165) is 22.1 Å². The molecule has 1 aromatic heterocycles. The van der Waals surface area contributed by atoms with E-state index >= 15 is 0 Å². The Morgan fingerprint density at radius 3 is 3.04 bits per heavy atom. The molecule has 1 aromatic carbocycles. The Morgan fingerprint density at radius 1 is 1.42 bits per heavy atom. The number of thioether (sulfide) groups is 1. The van der Waals surface area contributed by atoms with Gasteiger partial charge in [-0.2, -0.15) is 0 Å². The van der Waals surface area contributed by atoms with E-state index in [-0.39, 0.29) is 12.0 Å². The summed E-state index contributed by atoms with van der Waals surface area (Å²) in [7, 11) is 1.63. The van der Waals surface area contributed by atoms with Crippen LogP contribution in [0.3, 0.4) is 0 Å². The summed E-state index contributed by atoms with van der Waals surface area (Å²) in [5.41, 5.74) is 0.997. The average Bonchev–Trinajstić information content (AvgIpc) is 2.77. The van der Waals surface area contributed by atoms with Crippen molar-refractivity contribution in [3.05, 3.63) is 48.2 Å². The molecule has 0 fully saturated rings. The summed E-state index contributed by atoms with van der Waals surface area (Å²) in [5.74, 6) is 2.00. The maximum atomic E-state index is 12.6. The second-order valence-electron chi connectivity index (χ2n) is 5.63. The summed E-state index contributed by atoms with van der Waals surface area (Å²) < 4.78 is 11.2. The third kappa shape index (κ3) is 4.00. The van der Waals surface area contributed by atoms with Gasteiger partial charge < -0.3 is 14.4 Å². The van der Waals surface area contributed by atoms with E-state index < -0.39 is 0 Å². The number of fused-ring (bicyclic) bond motifs is 1. The molecule has 0 bridgehead atoms. The summed E-state index contributed by atoms with van der Waals surface area (Å²) in [6.07, 6.45) is 1.67. The van der Waals surface area contributed by atoms with Gasteiger partial charge in [-0.05, 0) is 31.2 Å². The highest BCUT2D eigenvalue weighted by atomic mass is 32.2. The quantitative estimate of drug-likeness (QED) is 0.798. The van der Waals surface area contributed by atoms with E-state index in [1.807, 2.05) is 48.2 Å². The molecule has 0 saturated carbocycles. The fourth-order valence-electron chi connectivity index (χ4n) is 2.59. The van der Waals surface area contributed by atoms with Gasteiger partial charge in [0.05, 0.1) is 24.4 Å². The molecule has 24 heavy (non-hydrogen) atoms. The van der Waals surface area contributed by atoms with Crippen LogP contribution in [0, 0.1) is 0 Å². The molecular weight excluding hydrogens is 324 g/mol. The second kappa shape index (κ2) is 7.57. The third-order valence-corrected chi connectivity index (χ3v) is 4.70. The smallest absolute Gasteiger partial charge is 0.233 e. The van der Waals surface area contributed by atoms with Gasteiger partial charge in [0.1, 0.15) is 17.6 Å². The van der Waals surface area contributed by atoms with Crippen LogP contribution >= 0.6 is 11.8 Å². The van der Waals surface area contributed by atoms with Gasteiger partial charge >= 0.3 is 0 Å². The summed E-state index contributed by atoms with van der Waals surface area (Å²) in [5, 5.41) is 0.857. The number of benzene rings is 1. The van der Waals surface area contributed by atoms with Crippen molar-refractivity contribution < 1.29 is 14.3 Å². The Balaban J connectivity index is 1.69. The van der Waals surface area contributed by atoms with Crippen LogP contribution in [-0.4, -0.2) is 41.3 Å². The molecular formula is C18H20N2O3S. The van der Waals surface area contributed by atoms with Crippen LogP contribution in [0.5, 0.6) is 11.5 Å². The molecule has 2 aromatic rings. The van der Waals surface area contributed by atoms with Crippen LogP contribution in [0.25, 0.3) is 0 Å². The molecule has 0 aliphatic carbocycles. The molecule has 0 spiro atoms. The maximum Gasteiger partial charge on any atom is 0.233 e. The number of pyridine rings is 1. The maximum absolute atomic E-state index is 12.6. The van der Waals surface area contributed by atoms with E-state index in [2.05, 4.69) is 4.98 Å². The first kappa shape index (κ1) is 16.6. The lowest BCUT2D eigenvalue weighted by atomic mass is 10.2. The Labute approximate surface area is 146 Å². The molecule has 3 rings (SSSR count). The van der Waals surface area contributed by atoms with Gasteiger partial charge in [0.15, 0.2) is 0 Å². The molecule has 6 heteroatoms. The Hall–Kier alpha value is -2.21. The van der Waals surface area contributed by atoms with E-state index in [1.54, 1.807) is 13.3 Å². The van der Waals surface area contributed by atoms with E-state index in [0.29, 0.717) is 18.8 Å². The van der Waals surface area contributed by atoms with Crippen molar-refractivity contribution in [3.8, 4) is 11.5 Å². The minimum absolute atomic E-state index is 0.0674. The highest BCUT2D eigenvalue weighted by Crippen LogP contribution is 2.29. The molecule has 1 atom stereocenters. The van der Waals surface area contributed by atoms with Gasteiger partial charge in [-0.15, -0.1) is 0 Å². The topological polar surface area (TPSA) is 51.7 Å². The minimum atomic E-state index is -0.0674. The van der Waals surface area contributed by atoms with Gasteiger partial charge in [0.2, 0.25) is 5.91 Å². The van der Waals surface area contributed by atoms with Crippen molar-refractivity contribution in [2.24, 2.45) is 0 Å². The number of carbonyl (C=O) groups excluding carboxylic acids is 1. The number of nitrogens with zero attached hydrogens (tertiary/aromatic N) is 2. The van der Waals surface area contributed by atoms with Gasteiger partial charge in [-0.1, -0.05) is 17.8 Å². The molecule has 0 N–H and O–H groups in total. The lowest BCUT2D eigenvalue weighted by molar-refractivity contribution is -0.129. The molecule has 1 aliphatic heterocycles. The Bertz CT molecular complexity index is 709. The zero-order valence-corrected chi connectivity index (χ0v) is 14.6. The predicted octanol–water partition coefficient (Wildman–Crippen LogP) is 2.99. The number of hydrogen-bond acceptors (Lipinski definition) is 5. The first-order chi connectivity index (χ1) is 11.7. The van der Waals surface area contributed by atoms with E-state index in [9.17, 15) is 4.79 Å². The number of ether oxygens (including phenoxy) is 2. The van der Waals surface area contributed by atoms with Crippen molar-refractivity contribution in [1.29, 1.82) is 0 Å². The number of carbonyl (C=O) groups is 1. The molecule has 1 amide bonds. The zero-order chi connectivity index (χ0) is 16.9. The van der Waals surface area contributed by atoms with Crippen LogP contribution in [-0.2, 0) is 11.3 Å². The monoisotopic (exact) mass is 344 g/mol. The second-order valence-corrected chi connectivity index (χ2v) is 6.63. The Morgan fingerprint density at radius 2 is 2.29 bits per heavy atom. The molecule has 5 nitrogen and oxygen atoms in total. The number of amides is 1. The standard InChI is InChI=1S/C18H20N2O3S/c1-13-10-20(18(21)12-24-17-5-3-4-8-19-17)11-14-6-7-15(22-2)9-16(14)23-13/h3-9,13H,10-12H2,1-2H3. The molecule has 0 radical (unpaired) electrons. The fraction of sp³-hybridized carbons (Fsp3) is 0.333. The van der Waals surface area contributed by atoms with Crippen molar-refractivity contribution in [1.82, 2.24) is 9.88 Å². The first-order valence-corrected chi connectivity index (χ1v) is 8.79. The summed E-state index contributed by atoms with van der Waals surface area (Å²) in [6.45, 7) is 3.09. The third-order valence-electron chi connectivity index (χ3n) is 3.78. The van der Waals surface area contributed by atoms with E-state index in [1.165, 1.54) is 11.8 Å². The highest BCUT2D eigenvalue weighted by Gasteiger charge is 2.24. The summed E-state index contributed by atoms with van der Waals surface area (Å²) in [4.78, 5) is 18.7. The van der Waals surface area contributed by atoms with Gasteiger partial charge in [-0.25, -0.2) is 4.98 Å². The molecule has 126 valence electrons. The molecule has 1 aliphatic rings. The highest BCUT2D eigenvalue weighted by molar-refractivity contribution is 7.99. The number of methoxy groups -OCH3 is 1. The SMILES string of the molecule is COc1ccc2c(c1)OC(C)CN(C(=O)CSc1ccccn1)C2. The van der Waals surface area contributed by atoms with Gasteiger partial charge in [-0.3, -0.25) is 4.79 Å². The molecule has 1 unspecified atom stereocenters. The fourth-order valence-corrected chi connectivity index (χ4v) is 3.35. The van der Waals surface area contributed by atoms with Crippen LogP contribution < -0.4 is 9.47 Å². The summed E-state index contributed by atoms with van der Waals surface area (Å²) in [6, 6.07) is 11.4. The van der Waals surface area contributed by atoms with E-state index in [4.69, 9.17) is 9.47 Å². The van der Waals surface area contributed by atoms with Crippen LogP contribution in [0.4, 0.5) is 0 Å². The molecule has 0 saturated heterocycles. The predicted molar refractivity (Wildman–Crippen MR) is 93.5 cm³/mol. The largest absolute Gasteiger partial charge is 0.497 e. The van der Waals surface area contributed by atoms with Crippen LogP contribution in [0.15, 0.2) is 47.6 Å². The van der Waals surface area contributed by atoms with Gasteiger partial charge in [0, 0.05) is 24.4 Å². The van der Waals surface area contributed by atoms with Crippen LogP contribution in [0.1, 0.15) is 12.5 Å². The number of aromatic nitrogens is 1. The number of hydrogen-bond donors (Lipinski definition) is 0. The van der Waals surface area contributed by atoms with Crippen molar-refractivity contribution in [2.45, 2.75) is 24.6 Å². The molecule has 2 heterocycles. The normalized spacial score (nSPS) is 16.8. The van der Waals surface area contributed by atoms with Crippen molar-refractivity contribution in [3.63, 3.8) is 0 Å². The van der Waals surface area contributed by atoms with Crippen molar-refractivity contribution >= 4 is 17.7 Å². The Kier molecular flexibility index (Phi) is 5.25. The first-order valence-electron chi connectivity index (χ1n) is 7.81. The lowest BCUT2D eigenvalue weighted by Gasteiger charge is -2.22. The van der Waals surface area contributed by atoms with Gasteiger partial charge in [0.25, 0.3) is 0 Å². The zero-order valence-electron chi connectivity index (χ0n) is 13.8. The van der Waals surface area contributed by atoms with Crippen LogP contribution in [0.2, 0.25) is 0 Å². The number of rotatable bonds is 4. The average molecular weight is 344 g/mol.